The van der Waals surface area contributed by atoms with E-state index in [1.165, 1.54) is 7.11 Å². The lowest BCUT2D eigenvalue weighted by Crippen LogP contribution is -2.10. The molecule has 0 radical (unpaired) electrons. The van der Waals surface area contributed by atoms with Gasteiger partial charge in [-0.2, -0.15) is 5.10 Å². The molecule has 0 atom stereocenters. The molecule has 2 aromatic heterocycles. The van der Waals surface area contributed by atoms with Crippen molar-refractivity contribution in [3.8, 4) is 5.88 Å². The van der Waals surface area contributed by atoms with Crippen molar-refractivity contribution in [2.45, 2.75) is 39.2 Å². The molecule has 0 spiro atoms. The van der Waals surface area contributed by atoms with Gasteiger partial charge in [-0.1, -0.05) is 13.8 Å². The second-order valence-electron chi connectivity index (χ2n) is 4.92. The maximum absolute atomic E-state index is 12.3. The molecule has 2 heterocycles. The Morgan fingerprint density at radius 3 is 2.76 bits per heavy atom. The minimum absolute atomic E-state index is 0.0326. The molecule has 0 bridgehead atoms. The molecule has 0 aromatic carbocycles. The molecule has 0 fully saturated rings. The quantitative estimate of drug-likeness (QED) is 0.734. The van der Waals surface area contributed by atoms with Crippen LogP contribution in [0.3, 0.4) is 0 Å². The van der Waals surface area contributed by atoms with Crippen molar-refractivity contribution in [2.75, 3.05) is 7.11 Å². The van der Waals surface area contributed by atoms with Crippen molar-refractivity contribution < 1.29 is 9.53 Å². The first-order chi connectivity index (χ1) is 10.2. The third-order valence-corrected chi connectivity index (χ3v) is 3.59. The zero-order valence-corrected chi connectivity index (χ0v) is 12.7. The smallest absolute Gasteiger partial charge is 0.224 e. The topological polar surface area (TPSA) is 57.0 Å². The number of nitrogens with zero attached hydrogens (tertiary/aromatic N) is 3. The molecule has 0 aliphatic rings. The lowest BCUT2D eigenvalue weighted by atomic mass is 10.1. The van der Waals surface area contributed by atoms with Gasteiger partial charge in [-0.05, 0) is 31.0 Å². The van der Waals surface area contributed by atoms with Gasteiger partial charge in [-0.15, -0.1) is 0 Å². The molecular formula is C16H21N3O2. The van der Waals surface area contributed by atoms with Gasteiger partial charge < -0.3 is 4.74 Å². The van der Waals surface area contributed by atoms with Gasteiger partial charge in [-0.25, -0.2) is 4.98 Å². The van der Waals surface area contributed by atoms with E-state index in [4.69, 9.17) is 4.74 Å². The van der Waals surface area contributed by atoms with Crippen LogP contribution in [0.2, 0.25) is 0 Å². The van der Waals surface area contributed by atoms with Gasteiger partial charge in [0.15, 0.2) is 5.78 Å². The molecule has 0 saturated carbocycles. The first kappa shape index (κ1) is 15.2. The van der Waals surface area contributed by atoms with Gasteiger partial charge in [0.1, 0.15) is 0 Å². The summed E-state index contributed by atoms with van der Waals surface area (Å²) in [7, 11) is 1.51. The number of carbonyl (C=O) groups excluding carboxylic acids is 1. The zero-order valence-electron chi connectivity index (χ0n) is 12.7. The second-order valence-corrected chi connectivity index (χ2v) is 4.92. The molecule has 5 heteroatoms. The lowest BCUT2D eigenvalue weighted by Gasteiger charge is -2.12. The number of ketones is 1. The third-order valence-electron chi connectivity index (χ3n) is 3.59. The molecule has 112 valence electrons. The highest BCUT2D eigenvalue weighted by atomic mass is 16.5. The molecule has 0 saturated heterocycles. The molecule has 21 heavy (non-hydrogen) atoms. The normalized spacial score (nSPS) is 10.9. The summed E-state index contributed by atoms with van der Waals surface area (Å²) < 4.78 is 7.07. The fraction of sp³-hybridized carbons (Fsp3) is 0.438. The van der Waals surface area contributed by atoms with Gasteiger partial charge in [0.25, 0.3) is 0 Å². The molecular weight excluding hydrogens is 266 g/mol. The highest BCUT2D eigenvalue weighted by Gasteiger charge is 2.15. The molecule has 0 unspecified atom stereocenters. The van der Waals surface area contributed by atoms with Crippen molar-refractivity contribution in [1.29, 1.82) is 0 Å². The van der Waals surface area contributed by atoms with Crippen molar-refractivity contribution in [2.24, 2.45) is 0 Å². The third kappa shape index (κ3) is 3.48. The molecule has 5 nitrogen and oxygen atoms in total. The number of Topliss-reactive ketones (excluding diaryl/α,β-unsaturated/α-hetero) is 1. The Kier molecular flexibility index (Phi) is 5.09. The monoisotopic (exact) mass is 287 g/mol. The Morgan fingerprint density at radius 2 is 2.10 bits per heavy atom. The number of pyridine rings is 1. The summed E-state index contributed by atoms with van der Waals surface area (Å²) in [6, 6.07) is 5.76. The van der Waals surface area contributed by atoms with Gasteiger partial charge in [0.05, 0.1) is 30.8 Å². The van der Waals surface area contributed by atoms with Crippen LogP contribution in [0.1, 0.15) is 48.8 Å². The Bertz CT molecular complexity index is 603. The van der Waals surface area contributed by atoms with Crippen LogP contribution in [-0.4, -0.2) is 27.7 Å². The molecule has 0 N–H and O–H groups in total. The van der Waals surface area contributed by atoms with Gasteiger partial charge in [0.2, 0.25) is 5.88 Å². The number of hydrogen-bond donors (Lipinski definition) is 0. The Hall–Kier alpha value is -2.17. The van der Waals surface area contributed by atoms with E-state index in [1.54, 1.807) is 18.3 Å². The number of methoxy groups -OCH3 is 1. The molecule has 0 aliphatic carbocycles. The summed E-state index contributed by atoms with van der Waals surface area (Å²) in [5, 5.41) is 4.51. The van der Waals surface area contributed by atoms with Crippen LogP contribution in [0, 0.1) is 0 Å². The summed E-state index contributed by atoms with van der Waals surface area (Å²) >= 11 is 0. The number of aromatic nitrogens is 3. The average Bonchev–Trinajstić information content (AvgIpc) is 2.96. The Labute approximate surface area is 125 Å². The number of hydrogen-bond acceptors (Lipinski definition) is 4. The van der Waals surface area contributed by atoms with E-state index in [9.17, 15) is 4.79 Å². The van der Waals surface area contributed by atoms with Gasteiger partial charge in [-0.3, -0.25) is 9.48 Å². The number of ether oxygens (including phenoxy) is 1. The first-order valence-corrected chi connectivity index (χ1v) is 7.25. The van der Waals surface area contributed by atoms with E-state index < -0.39 is 0 Å². The zero-order chi connectivity index (χ0) is 15.2. The molecule has 2 aromatic rings. The van der Waals surface area contributed by atoms with E-state index in [1.807, 2.05) is 16.9 Å². The van der Waals surface area contributed by atoms with Crippen LogP contribution in [-0.2, 0) is 6.42 Å². The van der Waals surface area contributed by atoms with Gasteiger partial charge >= 0.3 is 0 Å². The summed E-state index contributed by atoms with van der Waals surface area (Å²) in [5.41, 5.74) is 1.27. The van der Waals surface area contributed by atoms with Crippen LogP contribution in [0.4, 0.5) is 0 Å². The van der Waals surface area contributed by atoms with E-state index in [-0.39, 0.29) is 12.2 Å². The van der Waals surface area contributed by atoms with E-state index >= 15 is 0 Å². The Morgan fingerprint density at radius 1 is 1.33 bits per heavy atom. The summed E-state index contributed by atoms with van der Waals surface area (Å²) in [5.74, 6) is 0.330. The highest BCUT2D eigenvalue weighted by Crippen LogP contribution is 2.18. The van der Waals surface area contributed by atoms with E-state index in [2.05, 4.69) is 23.9 Å². The molecule has 2 rings (SSSR count). The SMILES string of the molecule is CCC(CC)n1ccc(CC(=O)c2cccnc2OC)n1. The van der Waals surface area contributed by atoms with Crippen LogP contribution >= 0.6 is 0 Å². The summed E-state index contributed by atoms with van der Waals surface area (Å²) in [6.45, 7) is 4.28. The fourth-order valence-electron chi connectivity index (χ4n) is 2.36. The van der Waals surface area contributed by atoms with E-state index in [0.717, 1.165) is 18.5 Å². The largest absolute Gasteiger partial charge is 0.480 e. The maximum atomic E-state index is 12.3. The van der Waals surface area contributed by atoms with Crippen LogP contribution in [0.5, 0.6) is 5.88 Å². The van der Waals surface area contributed by atoms with E-state index in [0.29, 0.717) is 17.5 Å². The Balaban J connectivity index is 2.13. The summed E-state index contributed by atoms with van der Waals surface area (Å²) in [6.07, 6.45) is 5.87. The van der Waals surface area contributed by atoms with Crippen LogP contribution < -0.4 is 4.74 Å². The first-order valence-electron chi connectivity index (χ1n) is 7.25. The fourth-order valence-corrected chi connectivity index (χ4v) is 2.36. The van der Waals surface area contributed by atoms with Crippen molar-refractivity contribution in [3.05, 3.63) is 41.9 Å². The highest BCUT2D eigenvalue weighted by molar-refractivity contribution is 5.99. The average molecular weight is 287 g/mol. The summed E-state index contributed by atoms with van der Waals surface area (Å²) in [4.78, 5) is 16.4. The van der Waals surface area contributed by atoms with Crippen molar-refractivity contribution >= 4 is 5.78 Å². The minimum atomic E-state index is -0.0326. The minimum Gasteiger partial charge on any atom is -0.480 e. The van der Waals surface area contributed by atoms with Crippen LogP contribution in [0.15, 0.2) is 30.6 Å². The van der Waals surface area contributed by atoms with Crippen molar-refractivity contribution in [3.63, 3.8) is 0 Å². The second kappa shape index (κ2) is 7.02. The number of rotatable bonds is 7. The maximum Gasteiger partial charge on any atom is 0.224 e. The van der Waals surface area contributed by atoms with Gasteiger partial charge in [0, 0.05) is 12.4 Å². The van der Waals surface area contributed by atoms with Crippen molar-refractivity contribution in [1.82, 2.24) is 14.8 Å². The van der Waals surface area contributed by atoms with Crippen LogP contribution in [0.25, 0.3) is 0 Å². The predicted molar refractivity (Wildman–Crippen MR) is 80.7 cm³/mol. The lowest BCUT2D eigenvalue weighted by molar-refractivity contribution is 0.0988. The standard InChI is InChI=1S/C16H21N3O2/c1-4-13(5-2)19-10-8-12(18-19)11-15(20)14-7-6-9-17-16(14)21-3/h6-10,13H,4-5,11H2,1-3H3. The molecule has 0 aliphatic heterocycles. The number of carbonyl (C=O) groups is 1. The predicted octanol–water partition coefficient (Wildman–Crippen LogP) is 3.07. The molecule has 0 amide bonds.